The fourth-order valence-corrected chi connectivity index (χ4v) is 10.3. The summed E-state index contributed by atoms with van der Waals surface area (Å²) in [5.74, 6) is 0. The fraction of sp³-hybridized carbons (Fsp3) is 0. The summed E-state index contributed by atoms with van der Waals surface area (Å²) < 4.78 is 14.0. The minimum Gasteiger partial charge on any atom is -0.456 e. The Hall–Kier alpha value is -6.51. The van der Waals surface area contributed by atoms with Gasteiger partial charge >= 0.3 is 21.2 Å². The number of hydrogen-bond acceptors (Lipinski definition) is 4. The van der Waals surface area contributed by atoms with E-state index in [1.165, 1.54) is 21.9 Å². The molecule has 0 radical (unpaired) electrons. The van der Waals surface area contributed by atoms with Gasteiger partial charge in [-0.15, -0.1) is 0 Å². The normalized spacial score (nSPS) is 11.4. The van der Waals surface area contributed by atoms with Gasteiger partial charge in [0.25, 0.3) is 0 Å². The Bertz CT molecular complexity index is 2800. The van der Waals surface area contributed by atoms with Crippen LogP contribution in [0.25, 0.3) is 43.9 Å². The Morgan fingerprint density at radius 2 is 0.625 bits per heavy atom. The van der Waals surface area contributed by atoms with Gasteiger partial charge in [0.05, 0.1) is 21.5 Å². The van der Waals surface area contributed by atoms with Crippen LogP contribution in [0.2, 0.25) is 0 Å². The molecule has 0 aliphatic carbocycles. The maximum absolute atomic E-state index is 12.9. The van der Waals surface area contributed by atoms with Crippen LogP contribution in [-0.4, -0.2) is 6.15 Å². The third kappa shape index (κ3) is 6.52. The monoisotopic (exact) mass is 836 g/mol. The van der Waals surface area contributed by atoms with Gasteiger partial charge in [0.1, 0.15) is 28.5 Å². The van der Waals surface area contributed by atoms with Crippen LogP contribution in [0, 0.1) is 7.14 Å². The Morgan fingerprint density at radius 1 is 0.321 bits per heavy atom. The van der Waals surface area contributed by atoms with Gasteiger partial charge in [-0.3, -0.25) is 9.59 Å². The van der Waals surface area contributed by atoms with Crippen molar-refractivity contribution in [1.82, 2.24) is 0 Å². The second kappa shape index (κ2) is 15.3. The lowest BCUT2D eigenvalue weighted by Gasteiger charge is -2.44. The number of halogens is 1. The molecule has 0 spiro atoms. The molecule has 0 saturated carbocycles. The van der Waals surface area contributed by atoms with E-state index in [9.17, 15) is 9.59 Å². The number of fused-ring (bicyclic) bond motifs is 4. The lowest BCUT2D eigenvalue weighted by Crippen LogP contribution is -3.61. The van der Waals surface area contributed by atoms with Crippen molar-refractivity contribution in [1.29, 1.82) is 0 Å². The minimum absolute atomic E-state index is 0.0201. The highest BCUT2D eigenvalue weighted by Crippen LogP contribution is 2.19. The highest BCUT2D eigenvalue weighted by Gasteiger charge is 2.31. The van der Waals surface area contributed by atoms with E-state index in [4.69, 9.17) is 8.83 Å². The first-order chi connectivity index (χ1) is 27.6. The van der Waals surface area contributed by atoms with Gasteiger partial charge < -0.3 is 8.83 Å². The summed E-state index contributed by atoms with van der Waals surface area (Å²) in [4.78, 5) is 25.9. The molecule has 10 aromatic rings. The van der Waals surface area contributed by atoms with E-state index in [-0.39, 0.29) is 10.9 Å². The second-order valence-corrected chi connectivity index (χ2v) is 16.8. The summed E-state index contributed by atoms with van der Waals surface area (Å²) in [7, 11) is 0. The molecule has 0 bridgehead atoms. The van der Waals surface area contributed by atoms with Crippen LogP contribution in [0.15, 0.2) is 225 Å². The Kier molecular flexibility index (Phi) is 9.63. The van der Waals surface area contributed by atoms with E-state index < -0.39 is 27.4 Å². The molecule has 10 rings (SSSR count). The molecule has 0 saturated heterocycles. The molecule has 268 valence electrons. The largest absolute Gasteiger partial charge is 0.456 e. The third-order valence-electron chi connectivity index (χ3n) is 10.5. The number of benzene rings is 8. The van der Waals surface area contributed by atoms with Crippen LogP contribution in [0.5, 0.6) is 0 Å². The summed E-state index contributed by atoms with van der Waals surface area (Å²) in [6.07, 6.45) is -1.22. The SMILES string of the molecule is O=c1c2ccccc2oc2ccc([I+]c3ccc4oc5ccccc5c(=O)c4c3)cc12.c1ccc([B-](c2ccccc2)(c2ccccc2)c2ccccc2)cc1. The van der Waals surface area contributed by atoms with Crippen molar-refractivity contribution in [2.75, 3.05) is 0 Å². The van der Waals surface area contributed by atoms with Gasteiger partial charge in [-0.05, 0) is 48.5 Å². The zero-order chi connectivity index (χ0) is 37.9. The van der Waals surface area contributed by atoms with Crippen molar-refractivity contribution in [2.45, 2.75) is 0 Å². The molecule has 2 aromatic heterocycles. The number of rotatable bonds is 6. The molecule has 4 nitrogen and oxygen atoms in total. The summed E-state index contributed by atoms with van der Waals surface area (Å²) in [6.45, 7) is 0. The molecule has 0 atom stereocenters. The standard InChI is InChI=1S/C26H14IO4.C24H20B/c28-25-17-5-1-3-7-21(17)30-23-11-9-15(13-19(23)25)27-16-10-12-24-20(14-16)26(29)18-6-2-4-8-22(18)31-24;1-5-13-21(14-6-1)25(22-15-7-2-8-16-22,23-17-9-3-10-18-23)24-19-11-4-12-20-24/h1-14H;1-20H/q+1;-1. The maximum Gasteiger partial charge on any atom is 0.357 e. The van der Waals surface area contributed by atoms with Crippen molar-refractivity contribution >= 4 is 71.9 Å². The van der Waals surface area contributed by atoms with Gasteiger partial charge in [0.2, 0.25) is 10.9 Å². The van der Waals surface area contributed by atoms with Crippen molar-refractivity contribution in [3.05, 3.63) is 234 Å². The van der Waals surface area contributed by atoms with E-state index in [1.807, 2.05) is 60.7 Å². The van der Waals surface area contributed by atoms with E-state index in [0.717, 1.165) is 7.14 Å². The molecule has 8 aromatic carbocycles. The Labute approximate surface area is 333 Å². The summed E-state index contributed by atoms with van der Waals surface area (Å²) >= 11 is -0.596. The molecular formula is C50H34BIO4. The first kappa shape index (κ1) is 35.2. The molecule has 0 aliphatic heterocycles. The lowest BCUT2D eigenvalue weighted by molar-refractivity contribution is -0.597. The zero-order valence-electron chi connectivity index (χ0n) is 30.2. The molecule has 0 amide bonds. The molecule has 0 N–H and O–H groups in total. The van der Waals surface area contributed by atoms with E-state index >= 15 is 0 Å². The van der Waals surface area contributed by atoms with Crippen molar-refractivity contribution in [3.8, 4) is 0 Å². The van der Waals surface area contributed by atoms with Crippen LogP contribution in [-0.2, 0) is 0 Å². The van der Waals surface area contributed by atoms with Crippen LogP contribution in [0.4, 0.5) is 0 Å². The average Bonchev–Trinajstić information content (AvgIpc) is 3.26. The smallest absolute Gasteiger partial charge is 0.357 e. The van der Waals surface area contributed by atoms with E-state index in [1.54, 1.807) is 24.3 Å². The van der Waals surface area contributed by atoms with Crippen LogP contribution in [0.3, 0.4) is 0 Å². The Morgan fingerprint density at radius 3 is 0.982 bits per heavy atom. The number of hydrogen-bond donors (Lipinski definition) is 0. The van der Waals surface area contributed by atoms with Crippen molar-refractivity contribution < 1.29 is 30.0 Å². The zero-order valence-corrected chi connectivity index (χ0v) is 32.4. The first-order valence-corrected chi connectivity index (χ1v) is 20.7. The maximum atomic E-state index is 12.9. The van der Waals surface area contributed by atoms with Crippen molar-refractivity contribution in [3.63, 3.8) is 0 Å². The highest BCUT2D eigenvalue weighted by atomic mass is 127. The van der Waals surface area contributed by atoms with Crippen molar-refractivity contribution in [2.24, 2.45) is 0 Å². The van der Waals surface area contributed by atoms with E-state index in [2.05, 4.69) is 121 Å². The second-order valence-electron chi connectivity index (χ2n) is 13.7. The molecule has 0 aliphatic rings. The molecule has 0 fully saturated rings. The molecular weight excluding hydrogens is 802 g/mol. The number of para-hydroxylation sites is 2. The predicted molar refractivity (Wildman–Crippen MR) is 227 cm³/mol. The fourth-order valence-electron chi connectivity index (χ4n) is 7.92. The lowest BCUT2D eigenvalue weighted by atomic mass is 9.13. The highest BCUT2D eigenvalue weighted by molar-refractivity contribution is 7.19. The topological polar surface area (TPSA) is 60.4 Å². The predicted octanol–water partition coefficient (Wildman–Crippen LogP) is 5.40. The first-order valence-electron chi connectivity index (χ1n) is 18.5. The van der Waals surface area contributed by atoms with Crippen LogP contribution in [0.1, 0.15) is 0 Å². The molecule has 2 heterocycles. The summed E-state index contributed by atoms with van der Waals surface area (Å²) in [5.41, 5.74) is 7.67. The molecule has 56 heavy (non-hydrogen) atoms. The average molecular weight is 837 g/mol. The van der Waals surface area contributed by atoms with Gasteiger partial charge in [0, 0.05) is 12.1 Å². The van der Waals surface area contributed by atoms with Gasteiger partial charge in [0.15, 0.2) is 7.14 Å². The van der Waals surface area contributed by atoms with Gasteiger partial charge in [-0.2, -0.15) is 21.9 Å². The summed E-state index contributed by atoms with van der Waals surface area (Å²) in [6, 6.07) is 69.7. The minimum atomic E-state index is -1.22. The molecule has 6 heteroatoms. The third-order valence-corrected chi connectivity index (χ3v) is 13.1. The van der Waals surface area contributed by atoms with Crippen LogP contribution < -0.4 is 53.9 Å². The van der Waals surface area contributed by atoms with E-state index in [0.29, 0.717) is 43.9 Å². The van der Waals surface area contributed by atoms with Crippen LogP contribution >= 0.6 is 0 Å². The van der Waals surface area contributed by atoms with Gasteiger partial charge in [-0.25, -0.2) is 0 Å². The molecule has 0 unspecified atom stereocenters. The quantitative estimate of drug-likeness (QED) is 0.128. The van der Waals surface area contributed by atoms with Gasteiger partial charge in [-0.1, -0.05) is 146 Å². The Balaban J connectivity index is 0.000000150. The summed E-state index contributed by atoms with van der Waals surface area (Å²) in [5, 5.41) is 2.34.